The Morgan fingerprint density at radius 2 is 1.61 bits per heavy atom. The van der Waals surface area contributed by atoms with Gasteiger partial charge in [0.2, 0.25) is 0 Å². The number of carbonyl (C=O) groups is 2. The van der Waals surface area contributed by atoms with E-state index in [1.165, 1.54) is 13.8 Å². The molecule has 0 aromatic carbocycles. The van der Waals surface area contributed by atoms with E-state index in [1.807, 2.05) is 13.0 Å². The summed E-state index contributed by atoms with van der Waals surface area (Å²) in [7, 11) is 0. The van der Waals surface area contributed by atoms with Gasteiger partial charge < -0.3 is 9.47 Å². The van der Waals surface area contributed by atoms with E-state index in [-0.39, 0.29) is 0 Å². The second kappa shape index (κ2) is 9.68. The lowest BCUT2D eigenvalue weighted by atomic mass is 10.1. The smallest absolute Gasteiger partial charge is 0.305 e. The molecule has 0 aromatic rings. The van der Waals surface area contributed by atoms with Crippen LogP contribution >= 0.6 is 0 Å². The molecular weight excluding hydrogens is 232 g/mol. The monoisotopic (exact) mass is 256 g/mol. The molecule has 0 atom stereocenters. The summed E-state index contributed by atoms with van der Waals surface area (Å²) in [5.41, 5.74) is 0.872. The zero-order chi connectivity index (χ0) is 14.0. The van der Waals surface area contributed by atoms with Crippen molar-refractivity contribution in [2.24, 2.45) is 0 Å². The number of rotatable bonds is 8. The van der Waals surface area contributed by atoms with E-state index in [2.05, 4.69) is 6.92 Å². The average molecular weight is 256 g/mol. The summed E-state index contributed by atoms with van der Waals surface area (Å²) in [6, 6.07) is 0. The molecule has 18 heavy (non-hydrogen) atoms. The molecule has 0 radical (unpaired) electrons. The molecule has 0 aliphatic rings. The van der Waals surface area contributed by atoms with Crippen molar-refractivity contribution in [1.82, 2.24) is 0 Å². The summed E-state index contributed by atoms with van der Waals surface area (Å²) in [5, 5.41) is 0. The van der Waals surface area contributed by atoms with Crippen molar-refractivity contribution in [2.45, 2.75) is 66.1 Å². The van der Waals surface area contributed by atoms with Gasteiger partial charge in [0.1, 0.15) is 0 Å². The van der Waals surface area contributed by atoms with Crippen LogP contribution in [0.3, 0.4) is 0 Å². The van der Waals surface area contributed by atoms with Crippen LogP contribution in [0.25, 0.3) is 0 Å². The number of ether oxygens (including phenoxy) is 2. The summed E-state index contributed by atoms with van der Waals surface area (Å²) >= 11 is 0. The minimum absolute atomic E-state index is 0.446. The van der Waals surface area contributed by atoms with Gasteiger partial charge in [-0.2, -0.15) is 0 Å². The van der Waals surface area contributed by atoms with Gasteiger partial charge in [0.05, 0.1) is 0 Å². The molecule has 0 fully saturated rings. The average Bonchev–Trinajstić information content (AvgIpc) is 2.26. The van der Waals surface area contributed by atoms with E-state index in [0.29, 0.717) is 0 Å². The van der Waals surface area contributed by atoms with Gasteiger partial charge in [0.25, 0.3) is 6.29 Å². The fraction of sp³-hybridized carbons (Fsp3) is 0.714. The maximum absolute atomic E-state index is 11.0. The molecule has 4 heteroatoms. The first-order valence-corrected chi connectivity index (χ1v) is 6.54. The summed E-state index contributed by atoms with van der Waals surface area (Å²) in [4.78, 5) is 22.1. The number of esters is 2. The number of hydrogen-bond acceptors (Lipinski definition) is 4. The Bertz CT molecular complexity index is 278. The Hall–Kier alpha value is -1.32. The third-order valence-corrected chi connectivity index (χ3v) is 2.35. The van der Waals surface area contributed by atoms with E-state index in [1.54, 1.807) is 0 Å². The van der Waals surface area contributed by atoms with Crippen LogP contribution < -0.4 is 0 Å². The summed E-state index contributed by atoms with van der Waals surface area (Å²) in [6.07, 6.45) is 5.90. The highest BCUT2D eigenvalue weighted by Gasteiger charge is 2.19. The summed E-state index contributed by atoms with van der Waals surface area (Å²) in [6.45, 7) is 6.77. The Labute approximate surface area is 109 Å². The molecule has 0 saturated carbocycles. The molecule has 0 aliphatic carbocycles. The molecule has 0 heterocycles. The number of hydrogen-bond donors (Lipinski definition) is 0. The van der Waals surface area contributed by atoms with Gasteiger partial charge >= 0.3 is 11.9 Å². The largest absolute Gasteiger partial charge is 0.421 e. The number of unbranched alkanes of at least 4 members (excludes halogenated alkanes) is 2. The van der Waals surface area contributed by atoms with E-state index in [0.717, 1.165) is 37.7 Å². The van der Waals surface area contributed by atoms with Crippen LogP contribution in [0.15, 0.2) is 11.6 Å². The van der Waals surface area contributed by atoms with E-state index >= 15 is 0 Å². The molecule has 0 N–H and O–H groups in total. The van der Waals surface area contributed by atoms with Gasteiger partial charge in [-0.1, -0.05) is 39.2 Å². The topological polar surface area (TPSA) is 52.6 Å². The fourth-order valence-electron chi connectivity index (χ4n) is 1.57. The third-order valence-electron chi connectivity index (χ3n) is 2.35. The van der Waals surface area contributed by atoms with E-state index in [9.17, 15) is 9.59 Å². The zero-order valence-corrected chi connectivity index (χ0v) is 11.8. The molecule has 0 bridgehead atoms. The standard InChI is InChI=1S/C14H24O4/c1-5-7-8-10-13(9-6-2)14(17-11(3)15)18-12(4)16/h10,14H,5-9H2,1-4H3. The molecule has 0 spiro atoms. The van der Waals surface area contributed by atoms with Crippen LogP contribution in [-0.4, -0.2) is 18.2 Å². The second-order valence-corrected chi connectivity index (χ2v) is 4.22. The fourth-order valence-corrected chi connectivity index (χ4v) is 1.57. The summed E-state index contributed by atoms with van der Waals surface area (Å²) < 4.78 is 10.1. The molecule has 0 unspecified atom stereocenters. The molecule has 0 rings (SSSR count). The summed E-state index contributed by atoms with van der Waals surface area (Å²) in [5.74, 6) is -0.891. The Balaban J connectivity index is 4.76. The molecule has 0 aromatic heterocycles. The predicted molar refractivity (Wildman–Crippen MR) is 69.8 cm³/mol. The Kier molecular flexibility index (Phi) is 8.97. The molecule has 104 valence electrons. The molecular formula is C14H24O4. The van der Waals surface area contributed by atoms with Crippen LogP contribution in [0.4, 0.5) is 0 Å². The van der Waals surface area contributed by atoms with Crippen molar-refractivity contribution in [3.8, 4) is 0 Å². The van der Waals surface area contributed by atoms with Crippen molar-refractivity contribution in [2.75, 3.05) is 0 Å². The van der Waals surface area contributed by atoms with E-state index < -0.39 is 18.2 Å². The van der Waals surface area contributed by atoms with Crippen molar-refractivity contribution >= 4 is 11.9 Å². The third kappa shape index (κ3) is 7.87. The first-order valence-electron chi connectivity index (χ1n) is 6.54. The maximum atomic E-state index is 11.0. The van der Waals surface area contributed by atoms with Crippen molar-refractivity contribution in [3.63, 3.8) is 0 Å². The van der Waals surface area contributed by atoms with Crippen molar-refractivity contribution in [3.05, 3.63) is 11.6 Å². The minimum atomic E-state index is -0.864. The Morgan fingerprint density at radius 3 is 2.00 bits per heavy atom. The number of carbonyl (C=O) groups excluding carboxylic acids is 2. The van der Waals surface area contributed by atoms with Crippen molar-refractivity contribution < 1.29 is 19.1 Å². The van der Waals surface area contributed by atoms with Crippen LogP contribution in [-0.2, 0) is 19.1 Å². The highest BCUT2D eigenvalue weighted by Crippen LogP contribution is 2.17. The minimum Gasteiger partial charge on any atom is -0.421 e. The Morgan fingerprint density at radius 1 is 1.06 bits per heavy atom. The molecule has 0 amide bonds. The van der Waals surface area contributed by atoms with Gasteiger partial charge in [-0.15, -0.1) is 0 Å². The van der Waals surface area contributed by atoms with Gasteiger partial charge in [-0.25, -0.2) is 0 Å². The molecule has 4 nitrogen and oxygen atoms in total. The van der Waals surface area contributed by atoms with Gasteiger partial charge in [0.15, 0.2) is 0 Å². The maximum Gasteiger partial charge on any atom is 0.305 e. The first kappa shape index (κ1) is 16.7. The lowest BCUT2D eigenvalue weighted by Crippen LogP contribution is -2.24. The van der Waals surface area contributed by atoms with Crippen molar-refractivity contribution in [1.29, 1.82) is 0 Å². The second-order valence-electron chi connectivity index (χ2n) is 4.22. The SMILES string of the molecule is CCCCC=C(CCC)C(OC(C)=O)OC(C)=O. The van der Waals surface area contributed by atoms with Crippen LogP contribution in [0.1, 0.15) is 59.8 Å². The number of allylic oxidation sites excluding steroid dienone is 1. The van der Waals surface area contributed by atoms with Gasteiger partial charge in [0, 0.05) is 19.4 Å². The normalized spacial score (nSPS) is 11.5. The lowest BCUT2D eigenvalue weighted by molar-refractivity contribution is -0.178. The van der Waals surface area contributed by atoms with E-state index in [4.69, 9.17) is 9.47 Å². The lowest BCUT2D eigenvalue weighted by Gasteiger charge is -2.19. The van der Waals surface area contributed by atoms with Gasteiger partial charge in [-0.05, 0) is 12.8 Å². The van der Waals surface area contributed by atoms with Crippen LogP contribution in [0.2, 0.25) is 0 Å². The quantitative estimate of drug-likeness (QED) is 0.289. The van der Waals surface area contributed by atoms with Crippen LogP contribution in [0.5, 0.6) is 0 Å². The van der Waals surface area contributed by atoms with Gasteiger partial charge in [-0.3, -0.25) is 9.59 Å². The molecule has 0 aliphatic heterocycles. The predicted octanol–water partition coefficient (Wildman–Crippen LogP) is 3.36. The zero-order valence-electron chi connectivity index (χ0n) is 11.8. The highest BCUT2D eigenvalue weighted by atomic mass is 16.7. The molecule has 0 saturated heterocycles. The first-order chi connectivity index (χ1) is 8.51. The highest BCUT2D eigenvalue weighted by molar-refractivity contribution is 5.68. The van der Waals surface area contributed by atoms with Crippen LogP contribution in [0, 0.1) is 0 Å².